The monoisotopic (exact) mass is 374 g/mol. The summed E-state index contributed by atoms with van der Waals surface area (Å²) in [4.78, 5) is 0.378. The summed E-state index contributed by atoms with van der Waals surface area (Å²) in [5.74, 6) is 1.06. The zero-order valence-electron chi connectivity index (χ0n) is 15.2. The molecule has 2 fully saturated rings. The number of aromatic nitrogens is 3. The van der Waals surface area contributed by atoms with Crippen LogP contribution in [0.4, 0.5) is 0 Å². The maximum Gasteiger partial charge on any atom is 0.243 e. The van der Waals surface area contributed by atoms with E-state index in [2.05, 4.69) is 21.7 Å². The van der Waals surface area contributed by atoms with Gasteiger partial charge < -0.3 is 4.57 Å². The standard InChI is InChI=1S/C19H26N4O2S/c1-2-22-15-20-21-18(22)17-13-23(14-19(17)11-7-4-8-12-19)26(24,25)16-9-5-3-6-10-16/h3,5-6,9-10,15,17H,2,4,7-8,11-14H2,1H3. The molecule has 2 heterocycles. The molecule has 2 aromatic rings. The van der Waals surface area contributed by atoms with Crippen LogP contribution in [-0.2, 0) is 16.6 Å². The Kier molecular flexibility index (Phi) is 4.61. The summed E-state index contributed by atoms with van der Waals surface area (Å²) in [6.45, 7) is 3.97. The largest absolute Gasteiger partial charge is 0.318 e. The number of aryl methyl sites for hydroxylation is 1. The molecule has 1 spiro atoms. The molecule has 26 heavy (non-hydrogen) atoms. The molecule has 1 atom stereocenters. The molecule has 0 bridgehead atoms. The highest BCUT2D eigenvalue weighted by atomic mass is 32.2. The fourth-order valence-corrected chi connectivity index (χ4v) is 6.31. The van der Waals surface area contributed by atoms with E-state index in [9.17, 15) is 8.42 Å². The number of nitrogens with zero attached hydrogens (tertiary/aromatic N) is 4. The quantitative estimate of drug-likeness (QED) is 0.825. The molecule has 1 aromatic heterocycles. The van der Waals surface area contributed by atoms with Crippen LogP contribution in [0.3, 0.4) is 0 Å². The predicted octanol–water partition coefficient (Wildman–Crippen LogP) is 3.04. The van der Waals surface area contributed by atoms with E-state index in [1.165, 1.54) is 6.42 Å². The van der Waals surface area contributed by atoms with Crippen LogP contribution < -0.4 is 0 Å². The van der Waals surface area contributed by atoms with E-state index in [-0.39, 0.29) is 11.3 Å². The number of sulfonamides is 1. The first kappa shape index (κ1) is 17.7. The van der Waals surface area contributed by atoms with Crippen LogP contribution in [0.2, 0.25) is 0 Å². The summed E-state index contributed by atoms with van der Waals surface area (Å²) >= 11 is 0. The topological polar surface area (TPSA) is 68.1 Å². The predicted molar refractivity (Wildman–Crippen MR) is 99.2 cm³/mol. The van der Waals surface area contributed by atoms with Crippen molar-refractivity contribution in [2.45, 2.75) is 56.4 Å². The Labute approximate surface area is 155 Å². The minimum absolute atomic E-state index is 0.0138. The third-order valence-corrected chi connectivity index (χ3v) is 7.97. The van der Waals surface area contributed by atoms with Gasteiger partial charge in [0.15, 0.2) is 0 Å². The lowest BCUT2D eigenvalue weighted by atomic mass is 9.67. The van der Waals surface area contributed by atoms with Gasteiger partial charge in [0.25, 0.3) is 0 Å². The molecule has 0 N–H and O–H groups in total. The smallest absolute Gasteiger partial charge is 0.243 e. The zero-order valence-corrected chi connectivity index (χ0v) is 16.0. The van der Waals surface area contributed by atoms with Gasteiger partial charge in [-0.05, 0) is 37.3 Å². The summed E-state index contributed by atoms with van der Waals surface area (Å²) in [6, 6.07) is 8.78. The van der Waals surface area contributed by atoms with E-state index in [4.69, 9.17) is 0 Å². The SMILES string of the molecule is CCn1cnnc1C1CN(S(=O)(=O)c2ccccc2)CC12CCCCC2. The van der Waals surface area contributed by atoms with Crippen molar-refractivity contribution in [3.63, 3.8) is 0 Å². The lowest BCUT2D eigenvalue weighted by Gasteiger charge is -2.37. The first-order valence-electron chi connectivity index (χ1n) is 9.50. The number of hydrogen-bond donors (Lipinski definition) is 0. The van der Waals surface area contributed by atoms with Crippen LogP contribution in [0.15, 0.2) is 41.6 Å². The van der Waals surface area contributed by atoms with E-state index in [1.807, 2.05) is 6.07 Å². The van der Waals surface area contributed by atoms with Gasteiger partial charge in [-0.15, -0.1) is 10.2 Å². The molecule has 0 amide bonds. The maximum atomic E-state index is 13.2. The van der Waals surface area contributed by atoms with Crippen LogP contribution in [0.5, 0.6) is 0 Å². The van der Waals surface area contributed by atoms with Gasteiger partial charge in [0.05, 0.1) is 4.90 Å². The van der Waals surface area contributed by atoms with Crippen LogP contribution in [0.25, 0.3) is 0 Å². The van der Waals surface area contributed by atoms with Crippen LogP contribution in [0.1, 0.15) is 50.8 Å². The number of hydrogen-bond acceptors (Lipinski definition) is 4. The van der Waals surface area contributed by atoms with Gasteiger partial charge in [0.1, 0.15) is 12.2 Å². The second-order valence-corrected chi connectivity index (χ2v) is 9.50. The highest BCUT2D eigenvalue weighted by Crippen LogP contribution is 2.52. The van der Waals surface area contributed by atoms with Gasteiger partial charge >= 0.3 is 0 Å². The van der Waals surface area contributed by atoms with Gasteiger partial charge in [-0.25, -0.2) is 8.42 Å². The molecule has 1 saturated carbocycles. The lowest BCUT2D eigenvalue weighted by molar-refractivity contribution is 0.176. The number of rotatable bonds is 4. The van der Waals surface area contributed by atoms with Gasteiger partial charge in [-0.2, -0.15) is 4.31 Å². The van der Waals surface area contributed by atoms with E-state index in [1.54, 1.807) is 34.9 Å². The maximum absolute atomic E-state index is 13.2. The lowest BCUT2D eigenvalue weighted by Crippen LogP contribution is -2.34. The normalized spacial score (nSPS) is 23.5. The van der Waals surface area contributed by atoms with E-state index >= 15 is 0 Å². The van der Waals surface area contributed by atoms with Crippen molar-refractivity contribution in [1.82, 2.24) is 19.1 Å². The van der Waals surface area contributed by atoms with Crippen molar-refractivity contribution in [2.75, 3.05) is 13.1 Å². The average Bonchev–Trinajstić information content (AvgIpc) is 3.28. The molecule has 1 unspecified atom stereocenters. The Morgan fingerprint density at radius 2 is 1.88 bits per heavy atom. The van der Waals surface area contributed by atoms with Gasteiger partial charge in [-0.3, -0.25) is 0 Å². The molecular weight excluding hydrogens is 348 g/mol. The van der Waals surface area contributed by atoms with Gasteiger partial charge in [0.2, 0.25) is 10.0 Å². The van der Waals surface area contributed by atoms with Crippen molar-refractivity contribution >= 4 is 10.0 Å². The first-order valence-corrected chi connectivity index (χ1v) is 10.9. The van der Waals surface area contributed by atoms with Crippen molar-refractivity contribution in [2.24, 2.45) is 5.41 Å². The molecule has 1 saturated heterocycles. The summed E-state index contributed by atoms with van der Waals surface area (Å²) in [5, 5.41) is 8.51. The molecular formula is C19H26N4O2S. The third kappa shape index (κ3) is 2.87. The summed E-state index contributed by atoms with van der Waals surface area (Å²) in [6.07, 6.45) is 7.46. The molecule has 1 aliphatic carbocycles. The van der Waals surface area contributed by atoms with Crippen molar-refractivity contribution in [3.05, 3.63) is 42.5 Å². The molecule has 140 valence electrons. The van der Waals surface area contributed by atoms with Crippen LogP contribution in [-0.4, -0.2) is 40.6 Å². The van der Waals surface area contributed by atoms with Gasteiger partial charge in [0, 0.05) is 25.6 Å². The Hall–Kier alpha value is -1.73. The Morgan fingerprint density at radius 1 is 1.15 bits per heavy atom. The van der Waals surface area contributed by atoms with E-state index in [0.29, 0.717) is 18.0 Å². The summed E-state index contributed by atoms with van der Waals surface area (Å²) in [7, 11) is -3.48. The minimum Gasteiger partial charge on any atom is -0.318 e. The van der Waals surface area contributed by atoms with Crippen LogP contribution >= 0.6 is 0 Å². The van der Waals surface area contributed by atoms with E-state index in [0.717, 1.165) is 38.1 Å². The number of benzene rings is 1. The minimum atomic E-state index is -3.48. The molecule has 7 heteroatoms. The molecule has 6 nitrogen and oxygen atoms in total. The first-order chi connectivity index (χ1) is 12.6. The van der Waals surface area contributed by atoms with Crippen LogP contribution in [0, 0.1) is 5.41 Å². The average molecular weight is 375 g/mol. The highest BCUT2D eigenvalue weighted by molar-refractivity contribution is 7.89. The van der Waals surface area contributed by atoms with Crippen molar-refractivity contribution in [3.8, 4) is 0 Å². The molecule has 4 rings (SSSR count). The molecule has 2 aliphatic rings. The molecule has 1 aliphatic heterocycles. The van der Waals surface area contributed by atoms with E-state index < -0.39 is 10.0 Å². The Bertz CT molecular complexity index is 857. The highest BCUT2D eigenvalue weighted by Gasteiger charge is 2.52. The Balaban J connectivity index is 1.72. The molecule has 0 radical (unpaired) electrons. The Morgan fingerprint density at radius 3 is 2.58 bits per heavy atom. The van der Waals surface area contributed by atoms with Crippen molar-refractivity contribution < 1.29 is 8.42 Å². The second-order valence-electron chi connectivity index (χ2n) is 7.56. The summed E-state index contributed by atoms with van der Waals surface area (Å²) < 4.78 is 30.2. The molecule has 1 aromatic carbocycles. The zero-order chi connectivity index (χ0) is 18.2. The second kappa shape index (κ2) is 6.78. The van der Waals surface area contributed by atoms with Gasteiger partial charge in [-0.1, -0.05) is 37.5 Å². The third-order valence-electron chi connectivity index (χ3n) is 6.14. The summed E-state index contributed by atoms with van der Waals surface area (Å²) in [5.41, 5.74) is -0.0138. The van der Waals surface area contributed by atoms with Crippen molar-refractivity contribution in [1.29, 1.82) is 0 Å². The fraction of sp³-hybridized carbons (Fsp3) is 0.579. The fourth-order valence-electron chi connectivity index (χ4n) is 4.74.